The highest BCUT2D eigenvalue weighted by Crippen LogP contribution is 2.44. The quantitative estimate of drug-likeness (QED) is 0.167. The molecule has 3 heteroatoms. The van der Waals surface area contributed by atoms with Crippen molar-refractivity contribution in [3.63, 3.8) is 0 Å². The molecule has 0 radical (unpaired) electrons. The van der Waals surface area contributed by atoms with Crippen molar-refractivity contribution < 1.29 is 4.42 Å². The lowest BCUT2D eigenvalue weighted by Gasteiger charge is -2.26. The van der Waals surface area contributed by atoms with E-state index in [2.05, 4.69) is 217 Å². The molecule has 0 aliphatic heterocycles. The van der Waals surface area contributed by atoms with Gasteiger partial charge in [-0.2, -0.15) is 0 Å². The summed E-state index contributed by atoms with van der Waals surface area (Å²) in [4.78, 5) is 2.36. The molecule has 0 aliphatic carbocycles. The average Bonchev–Trinajstić information content (AvgIpc) is 3.89. The van der Waals surface area contributed by atoms with Crippen LogP contribution in [0.5, 0.6) is 0 Å². The largest absolute Gasteiger partial charge is 0.455 e. The number of fused-ring (bicyclic) bond motifs is 10. The van der Waals surface area contributed by atoms with Crippen molar-refractivity contribution >= 4 is 92.1 Å². The zero-order valence-electron chi connectivity index (χ0n) is 32.0. The highest BCUT2D eigenvalue weighted by Gasteiger charge is 2.17. The Balaban J connectivity index is 0.946. The van der Waals surface area contributed by atoms with Crippen molar-refractivity contribution in [2.24, 2.45) is 0 Å². The van der Waals surface area contributed by atoms with Gasteiger partial charge in [-0.25, -0.2) is 0 Å². The number of benzene rings is 10. The van der Waals surface area contributed by atoms with Crippen LogP contribution in [0, 0.1) is 0 Å². The molecule has 0 saturated heterocycles. The monoisotopic (exact) mass is 769 g/mol. The minimum atomic E-state index is 0.905. The first kappa shape index (κ1) is 33.7. The fraction of sp³-hybridized carbons (Fsp3) is 0. The van der Waals surface area contributed by atoms with E-state index in [1.807, 2.05) is 11.3 Å². The summed E-state index contributed by atoms with van der Waals surface area (Å²) in [5, 5.41) is 9.81. The molecule has 12 rings (SSSR count). The first-order valence-corrected chi connectivity index (χ1v) is 20.9. The zero-order chi connectivity index (χ0) is 38.9. The third kappa shape index (κ3) is 5.62. The maximum atomic E-state index is 6.43. The van der Waals surface area contributed by atoms with Gasteiger partial charge < -0.3 is 9.32 Å². The smallest absolute Gasteiger partial charge is 0.143 e. The molecule has 0 amide bonds. The Morgan fingerprint density at radius 2 is 0.898 bits per heavy atom. The molecule has 2 nitrogen and oxygen atoms in total. The van der Waals surface area contributed by atoms with E-state index in [1.54, 1.807) is 0 Å². The Bertz CT molecular complexity index is 3530. The minimum Gasteiger partial charge on any atom is -0.455 e. The summed E-state index contributed by atoms with van der Waals surface area (Å²) in [5.41, 5.74) is 12.3. The molecule has 0 saturated carbocycles. The number of hydrogen-bond donors (Lipinski definition) is 0. The van der Waals surface area contributed by atoms with Gasteiger partial charge in [-0.15, -0.1) is 11.3 Å². The van der Waals surface area contributed by atoms with Crippen molar-refractivity contribution in [1.82, 2.24) is 0 Å². The van der Waals surface area contributed by atoms with Crippen LogP contribution in [0.2, 0.25) is 0 Å². The first-order chi connectivity index (χ1) is 29.2. The summed E-state index contributed by atoms with van der Waals surface area (Å²) >= 11 is 1.89. The average molecular weight is 770 g/mol. The number of nitrogens with zero attached hydrogens (tertiary/aromatic N) is 1. The van der Waals surface area contributed by atoms with Crippen LogP contribution in [-0.4, -0.2) is 0 Å². The molecular formula is C56H35NOS. The molecule has 0 unspecified atom stereocenters. The lowest BCUT2D eigenvalue weighted by molar-refractivity contribution is 0.672. The van der Waals surface area contributed by atoms with Crippen LogP contribution < -0.4 is 4.90 Å². The normalized spacial score (nSPS) is 11.7. The highest BCUT2D eigenvalue weighted by molar-refractivity contribution is 7.26. The molecule has 276 valence electrons. The molecule has 2 aromatic heterocycles. The summed E-state index contributed by atoms with van der Waals surface area (Å²) < 4.78 is 9.10. The summed E-state index contributed by atoms with van der Waals surface area (Å²) in [6, 6.07) is 76.9. The van der Waals surface area contributed by atoms with E-state index in [1.165, 1.54) is 58.6 Å². The van der Waals surface area contributed by atoms with Crippen molar-refractivity contribution in [2.75, 3.05) is 4.90 Å². The number of furan rings is 1. The van der Waals surface area contributed by atoms with Crippen molar-refractivity contribution in [3.05, 3.63) is 212 Å². The standard InChI is InChI=1S/C56H35NOS/c1-2-10-36(11-3-1)37-18-26-42(27-19-37)57(43-28-20-38(21-29-43)41-25-33-53-51(34-41)48-32-24-39-12-4-5-13-45(39)55(48)58-53)44-30-22-40(23-31-44)50-35-52-47-15-8-9-17-54(47)59-56(52)49-16-7-6-14-46(49)50/h1-35H. The molecule has 0 aliphatic rings. The molecule has 59 heavy (non-hydrogen) atoms. The van der Waals surface area contributed by atoms with E-state index in [0.29, 0.717) is 0 Å². The topological polar surface area (TPSA) is 16.4 Å². The van der Waals surface area contributed by atoms with E-state index in [0.717, 1.165) is 55.5 Å². The number of anilines is 3. The molecule has 12 aromatic rings. The van der Waals surface area contributed by atoms with Crippen LogP contribution in [0.3, 0.4) is 0 Å². The Hall–Kier alpha value is -7.46. The summed E-state index contributed by atoms with van der Waals surface area (Å²) in [7, 11) is 0. The molecular weight excluding hydrogens is 735 g/mol. The second kappa shape index (κ2) is 13.6. The lowest BCUT2D eigenvalue weighted by Crippen LogP contribution is -2.09. The fourth-order valence-corrected chi connectivity index (χ4v) is 10.2. The number of hydrogen-bond acceptors (Lipinski definition) is 3. The van der Waals surface area contributed by atoms with Crippen LogP contribution in [0.1, 0.15) is 0 Å². The van der Waals surface area contributed by atoms with Gasteiger partial charge in [0.1, 0.15) is 11.2 Å². The van der Waals surface area contributed by atoms with Crippen molar-refractivity contribution in [3.8, 4) is 33.4 Å². The van der Waals surface area contributed by atoms with Crippen LogP contribution >= 0.6 is 11.3 Å². The van der Waals surface area contributed by atoms with Gasteiger partial charge in [-0.05, 0) is 111 Å². The number of rotatable bonds is 6. The number of thiophene rings is 1. The van der Waals surface area contributed by atoms with Crippen molar-refractivity contribution in [2.45, 2.75) is 0 Å². The lowest BCUT2D eigenvalue weighted by atomic mass is 9.95. The predicted octanol–water partition coefficient (Wildman–Crippen LogP) is 16.7. The van der Waals surface area contributed by atoms with E-state index < -0.39 is 0 Å². The van der Waals surface area contributed by atoms with Crippen LogP contribution in [-0.2, 0) is 0 Å². The van der Waals surface area contributed by atoms with Gasteiger partial charge in [0.05, 0.1) is 0 Å². The maximum absolute atomic E-state index is 6.43. The maximum Gasteiger partial charge on any atom is 0.143 e. The Morgan fingerprint density at radius 1 is 0.339 bits per heavy atom. The SMILES string of the molecule is c1ccc(-c2ccc(N(c3ccc(-c4ccc5oc6c7ccccc7ccc6c5c4)cc3)c3ccc(-c4cc5c6ccccc6sc5c5ccccc45)cc3)cc2)cc1. The Kier molecular flexibility index (Phi) is 7.75. The molecule has 2 heterocycles. The van der Waals surface area contributed by atoms with Crippen LogP contribution in [0.25, 0.3) is 97.0 Å². The van der Waals surface area contributed by atoms with Gasteiger partial charge in [-0.1, -0.05) is 146 Å². The summed E-state index contributed by atoms with van der Waals surface area (Å²) in [5.74, 6) is 0. The zero-order valence-corrected chi connectivity index (χ0v) is 32.8. The van der Waals surface area contributed by atoms with E-state index in [9.17, 15) is 0 Å². The third-order valence-electron chi connectivity index (χ3n) is 11.9. The highest BCUT2D eigenvalue weighted by atomic mass is 32.1. The van der Waals surface area contributed by atoms with E-state index in [4.69, 9.17) is 4.42 Å². The molecule has 0 bridgehead atoms. The van der Waals surface area contributed by atoms with Gasteiger partial charge in [0.25, 0.3) is 0 Å². The minimum absolute atomic E-state index is 0.905. The second-order valence-electron chi connectivity index (χ2n) is 15.3. The van der Waals surface area contributed by atoms with E-state index in [-0.39, 0.29) is 0 Å². The molecule has 0 N–H and O–H groups in total. The molecule has 0 fully saturated rings. The van der Waals surface area contributed by atoms with Gasteiger partial charge >= 0.3 is 0 Å². The second-order valence-corrected chi connectivity index (χ2v) is 16.3. The van der Waals surface area contributed by atoms with Gasteiger partial charge in [0.2, 0.25) is 0 Å². The third-order valence-corrected chi connectivity index (χ3v) is 13.1. The van der Waals surface area contributed by atoms with Crippen LogP contribution in [0.4, 0.5) is 17.1 Å². The molecule has 0 atom stereocenters. The van der Waals surface area contributed by atoms with Crippen molar-refractivity contribution in [1.29, 1.82) is 0 Å². The van der Waals surface area contributed by atoms with Crippen LogP contribution in [0.15, 0.2) is 217 Å². The van der Waals surface area contributed by atoms with Gasteiger partial charge in [-0.3, -0.25) is 0 Å². The Labute approximate surface area is 345 Å². The molecule has 10 aromatic carbocycles. The molecule has 0 spiro atoms. The fourth-order valence-electron chi connectivity index (χ4n) is 8.94. The summed E-state index contributed by atoms with van der Waals surface area (Å²) in [6.07, 6.45) is 0. The predicted molar refractivity (Wildman–Crippen MR) is 253 cm³/mol. The van der Waals surface area contributed by atoms with E-state index >= 15 is 0 Å². The van der Waals surface area contributed by atoms with Gasteiger partial charge in [0.15, 0.2) is 0 Å². The first-order valence-electron chi connectivity index (χ1n) is 20.1. The summed E-state index contributed by atoms with van der Waals surface area (Å²) in [6.45, 7) is 0. The Morgan fingerprint density at radius 3 is 1.63 bits per heavy atom. The van der Waals surface area contributed by atoms with Gasteiger partial charge in [0, 0.05) is 58.8 Å².